The molecular formula is C26H23BrF3N3O4. The van der Waals surface area contributed by atoms with Crippen LogP contribution in [0.2, 0.25) is 0 Å². The number of carbonyl (C=O) groups excluding carboxylic acids is 2. The van der Waals surface area contributed by atoms with Gasteiger partial charge in [0.25, 0.3) is 11.8 Å². The number of para-hydroxylation sites is 1. The second-order valence-electron chi connectivity index (χ2n) is 8.29. The van der Waals surface area contributed by atoms with Crippen molar-refractivity contribution in [3.8, 4) is 11.6 Å². The maximum atomic E-state index is 13.4. The normalized spacial score (nSPS) is 19.2. The molecule has 4 rings (SSSR count). The number of piperidine rings is 1. The van der Waals surface area contributed by atoms with Gasteiger partial charge in [0, 0.05) is 31.2 Å². The molecule has 0 aliphatic carbocycles. The largest absolute Gasteiger partial charge is 0.573 e. The number of carbonyl (C=O) groups is 2. The number of nitrogens with one attached hydrogen (secondary N) is 1. The van der Waals surface area contributed by atoms with Crippen LogP contribution in [-0.2, 0) is 0 Å². The van der Waals surface area contributed by atoms with Gasteiger partial charge in [-0.3, -0.25) is 9.59 Å². The van der Waals surface area contributed by atoms with Crippen LogP contribution in [0, 0.1) is 0 Å². The molecule has 2 amide bonds. The first kappa shape index (κ1) is 22.6. The summed E-state index contributed by atoms with van der Waals surface area (Å²) in [5.41, 5.74) is 0.753. The first-order valence-electron chi connectivity index (χ1n) is 12.6. The molecule has 3 aromatic rings. The molecule has 1 saturated heterocycles. The molecule has 37 heavy (non-hydrogen) atoms. The van der Waals surface area contributed by atoms with Crippen LogP contribution in [0.15, 0.2) is 71.3 Å². The summed E-state index contributed by atoms with van der Waals surface area (Å²) in [5, 5.41) is 2.83. The van der Waals surface area contributed by atoms with Crippen LogP contribution >= 0.6 is 15.9 Å². The van der Waals surface area contributed by atoms with Crippen molar-refractivity contribution in [3.05, 3.63) is 88.0 Å². The highest BCUT2D eigenvalue weighted by molar-refractivity contribution is 9.10. The number of likely N-dealkylation sites (tertiary alicyclic amines) is 1. The fourth-order valence-corrected chi connectivity index (χ4v) is 4.69. The predicted octanol–water partition coefficient (Wildman–Crippen LogP) is 5.18. The molecule has 1 N–H and O–H groups in total. The second-order valence-corrected chi connectivity index (χ2v) is 9.15. The van der Waals surface area contributed by atoms with Crippen LogP contribution in [0.25, 0.3) is 0 Å². The lowest BCUT2D eigenvalue weighted by atomic mass is 9.85. The molecule has 2 heterocycles. The smallest absolute Gasteiger partial charge is 0.480 e. The Hall–Kier alpha value is -3.60. The summed E-state index contributed by atoms with van der Waals surface area (Å²) in [6, 6.07) is 15.1. The zero-order valence-corrected chi connectivity index (χ0v) is 20.8. The van der Waals surface area contributed by atoms with Gasteiger partial charge in [-0.25, -0.2) is 4.98 Å². The zero-order valence-electron chi connectivity index (χ0n) is 22.2. The summed E-state index contributed by atoms with van der Waals surface area (Å²) in [4.78, 5) is 32.0. The number of nitrogens with zero attached hydrogens (tertiary/aromatic N) is 2. The van der Waals surface area contributed by atoms with Crippen molar-refractivity contribution < 1.29 is 36.3 Å². The molecule has 11 heteroatoms. The van der Waals surface area contributed by atoms with E-state index in [1.165, 1.54) is 30.5 Å². The molecule has 194 valence electrons. The van der Waals surface area contributed by atoms with Gasteiger partial charge in [0.15, 0.2) is 0 Å². The number of hydrogen-bond donors (Lipinski definition) is 1. The minimum atomic E-state index is -4.96. The second kappa shape index (κ2) is 11.2. The van der Waals surface area contributed by atoms with E-state index in [1.807, 2.05) is 30.3 Å². The highest BCUT2D eigenvalue weighted by atomic mass is 79.9. The monoisotopic (exact) mass is 580 g/mol. The average molecular weight is 581 g/mol. The van der Waals surface area contributed by atoms with Crippen molar-refractivity contribution in [2.45, 2.75) is 24.7 Å². The summed E-state index contributed by atoms with van der Waals surface area (Å²) in [6.07, 6.45) is -3.43. The molecule has 7 nitrogen and oxygen atoms in total. The number of rotatable bonds is 6. The molecule has 1 fully saturated rings. The lowest BCUT2D eigenvalue weighted by Gasteiger charge is -2.39. The first-order chi connectivity index (χ1) is 18.8. The molecule has 1 aromatic heterocycles. The fourth-order valence-electron chi connectivity index (χ4n) is 4.26. The predicted molar refractivity (Wildman–Crippen MR) is 133 cm³/mol. The third kappa shape index (κ3) is 6.40. The Balaban J connectivity index is 1.54. The SMILES string of the molecule is [2H]C([2H])([2H])Oc1ncc(C(=O)N2CC[C@@H](NC(=O)c3ccccc3OC(F)(F)F)[C@@H](c3ccccc3)C2)cc1Br. The number of benzene rings is 2. The van der Waals surface area contributed by atoms with Crippen LogP contribution in [0.5, 0.6) is 11.6 Å². The Morgan fingerprint density at radius 1 is 1.16 bits per heavy atom. The molecule has 2 atom stereocenters. The minimum Gasteiger partial charge on any atom is -0.480 e. The molecule has 0 radical (unpaired) electrons. The molecule has 0 bridgehead atoms. The Kier molecular flexibility index (Phi) is 6.84. The summed E-state index contributed by atoms with van der Waals surface area (Å²) in [7, 11) is -2.71. The molecule has 1 aliphatic heterocycles. The van der Waals surface area contributed by atoms with Gasteiger partial charge in [-0.15, -0.1) is 13.2 Å². The van der Waals surface area contributed by atoms with Crippen LogP contribution in [-0.4, -0.2) is 54.2 Å². The van der Waals surface area contributed by atoms with Gasteiger partial charge in [-0.1, -0.05) is 42.5 Å². The van der Waals surface area contributed by atoms with E-state index in [-0.39, 0.29) is 46.4 Å². The van der Waals surface area contributed by atoms with E-state index in [2.05, 4.69) is 31.0 Å². The van der Waals surface area contributed by atoms with Gasteiger partial charge in [0.05, 0.1) is 26.7 Å². The number of methoxy groups -OCH3 is 1. The minimum absolute atomic E-state index is 0.185. The number of halogens is 4. The highest BCUT2D eigenvalue weighted by Crippen LogP contribution is 2.31. The van der Waals surface area contributed by atoms with Crippen LogP contribution in [0.3, 0.4) is 0 Å². The molecular weight excluding hydrogens is 555 g/mol. The summed E-state index contributed by atoms with van der Waals surface area (Å²) >= 11 is 3.19. The number of hydrogen-bond acceptors (Lipinski definition) is 5. The first-order valence-corrected chi connectivity index (χ1v) is 11.9. The average Bonchev–Trinajstić information content (AvgIpc) is 2.89. The van der Waals surface area contributed by atoms with E-state index in [4.69, 9.17) is 8.85 Å². The van der Waals surface area contributed by atoms with E-state index in [1.54, 1.807) is 4.90 Å². The fraction of sp³-hybridized carbons (Fsp3) is 0.269. The van der Waals surface area contributed by atoms with E-state index in [0.29, 0.717) is 6.42 Å². The van der Waals surface area contributed by atoms with Gasteiger partial charge in [0.1, 0.15) is 5.75 Å². The lowest BCUT2D eigenvalue weighted by molar-refractivity contribution is -0.274. The van der Waals surface area contributed by atoms with E-state index < -0.39 is 31.1 Å². The van der Waals surface area contributed by atoms with Crippen molar-refractivity contribution >= 4 is 27.7 Å². The Morgan fingerprint density at radius 2 is 1.89 bits per heavy atom. The standard InChI is InChI=1S/C26H23BrF3N3O4/c1-36-24-20(27)13-17(14-31-24)25(35)33-12-11-21(19(15-33)16-7-3-2-4-8-16)32-23(34)18-9-5-6-10-22(18)37-26(28,29)30/h2-10,13-14,19,21H,11-12,15H2,1H3,(H,32,34)/t19-,21-/m1/s1/i1D3. The van der Waals surface area contributed by atoms with Gasteiger partial charge in [-0.05, 0) is 46.1 Å². The van der Waals surface area contributed by atoms with Gasteiger partial charge < -0.3 is 19.7 Å². The molecule has 0 spiro atoms. The van der Waals surface area contributed by atoms with Crippen molar-refractivity contribution in [1.29, 1.82) is 0 Å². The summed E-state index contributed by atoms with van der Waals surface area (Å²) in [5.74, 6) is -2.28. The number of ether oxygens (including phenoxy) is 2. The number of amides is 2. The van der Waals surface area contributed by atoms with Crippen LogP contribution < -0.4 is 14.8 Å². The Bertz CT molecular complexity index is 1380. The third-order valence-corrected chi connectivity index (χ3v) is 6.52. The Morgan fingerprint density at radius 3 is 2.59 bits per heavy atom. The number of aromatic nitrogens is 1. The summed E-state index contributed by atoms with van der Waals surface area (Å²) < 4.78 is 69.3. The van der Waals surface area contributed by atoms with Crippen molar-refractivity contribution in [3.63, 3.8) is 0 Å². The van der Waals surface area contributed by atoms with Gasteiger partial charge in [0.2, 0.25) is 5.88 Å². The molecule has 1 aliphatic rings. The zero-order chi connectivity index (χ0) is 29.1. The highest BCUT2D eigenvalue weighted by Gasteiger charge is 2.36. The molecule has 0 unspecified atom stereocenters. The Labute approximate surface area is 223 Å². The van der Waals surface area contributed by atoms with Crippen molar-refractivity contribution in [2.24, 2.45) is 0 Å². The van der Waals surface area contributed by atoms with Crippen LogP contribution in [0.1, 0.15) is 42.7 Å². The summed E-state index contributed by atoms with van der Waals surface area (Å²) in [6.45, 7) is 0.429. The van der Waals surface area contributed by atoms with Crippen LogP contribution in [0.4, 0.5) is 13.2 Å². The molecule has 2 aromatic carbocycles. The van der Waals surface area contributed by atoms with Gasteiger partial charge in [-0.2, -0.15) is 0 Å². The maximum Gasteiger partial charge on any atom is 0.573 e. The number of pyridine rings is 1. The van der Waals surface area contributed by atoms with Gasteiger partial charge >= 0.3 is 6.36 Å². The van der Waals surface area contributed by atoms with E-state index in [9.17, 15) is 22.8 Å². The molecule has 0 saturated carbocycles. The lowest BCUT2D eigenvalue weighted by Crippen LogP contribution is -2.51. The van der Waals surface area contributed by atoms with Crippen molar-refractivity contribution in [1.82, 2.24) is 15.2 Å². The quantitative estimate of drug-likeness (QED) is 0.434. The van der Waals surface area contributed by atoms with Crippen molar-refractivity contribution in [2.75, 3.05) is 20.1 Å². The number of alkyl halides is 3. The maximum absolute atomic E-state index is 13.4. The van der Waals surface area contributed by atoms with E-state index >= 15 is 0 Å². The van der Waals surface area contributed by atoms with E-state index in [0.717, 1.165) is 11.6 Å². The third-order valence-electron chi connectivity index (χ3n) is 5.95. The topological polar surface area (TPSA) is 80.8 Å².